The van der Waals surface area contributed by atoms with E-state index in [1.54, 1.807) is 6.07 Å². The second-order valence-electron chi connectivity index (χ2n) is 6.48. The van der Waals surface area contributed by atoms with Crippen LogP contribution in [0.15, 0.2) is 46.9 Å². The number of hydrazine groups is 1. The smallest absolute Gasteiger partial charge is 0.276 e. The zero-order chi connectivity index (χ0) is 20.5. The maximum Gasteiger partial charge on any atom is 0.276 e. The number of hydrogen-bond donors (Lipinski definition) is 2. The molecule has 0 heterocycles. The lowest BCUT2D eigenvalue weighted by Crippen LogP contribution is -2.45. The molecule has 0 aliphatic rings. The Bertz CT molecular complexity index is 824. The molecule has 0 radical (unpaired) electrons. The van der Waals surface area contributed by atoms with Crippen LogP contribution in [0.4, 0.5) is 0 Å². The highest BCUT2D eigenvalue weighted by Crippen LogP contribution is 2.26. The highest BCUT2D eigenvalue weighted by atomic mass is 79.9. The normalized spacial score (nSPS) is 10.5. The van der Waals surface area contributed by atoms with E-state index in [2.05, 4.69) is 47.6 Å². The number of halogens is 1. The molecule has 0 unspecified atom stereocenters. The van der Waals surface area contributed by atoms with Crippen LogP contribution in [0, 0.1) is 0 Å². The van der Waals surface area contributed by atoms with E-state index in [-0.39, 0.29) is 19.1 Å². The van der Waals surface area contributed by atoms with Gasteiger partial charge in [0.15, 0.2) is 13.2 Å². The highest BCUT2D eigenvalue weighted by molar-refractivity contribution is 9.10. The number of nitrogens with one attached hydrogen (secondary N) is 2. The third-order valence-electron chi connectivity index (χ3n) is 4.00. The van der Waals surface area contributed by atoms with Crippen LogP contribution >= 0.6 is 15.9 Å². The van der Waals surface area contributed by atoms with Crippen LogP contribution in [0.5, 0.6) is 11.5 Å². The van der Waals surface area contributed by atoms with Gasteiger partial charge in [0.25, 0.3) is 11.8 Å². The number of ether oxygens (including phenoxy) is 2. The van der Waals surface area contributed by atoms with E-state index in [9.17, 15) is 9.59 Å². The minimum atomic E-state index is -0.470. The van der Waals surface area contributed by atoms with Gasteiger partial charge in [0, 0.05) is 0 Å². The van der Waals surface area contributed by atoms with Gasteiger partial charge in [-0.25, -0.2) is 0 Å². The Morgan fingerprint density at radius 1 is 0.964 bits per heavy atom. The minimum Gasteiger partial charge on any atom is -0.483 e. The van der Waals surface area contributed by atoms with Crippen LogP contribution in [0.25, 0.3) is 0 Å². The van der Waals surface area contributed by atoms with Crippen molar-refractivity contribution in [2.45, 2.75) is 33.1 Å². The fourth-order valence-corrected chi connectivity index (χ4v) is 3.01. The first-order valence-corrected chi connectivity index (χ1v) is 9.90. The van der Waals surface area contributed by atoms with Crippen molar-refractivity contribution in [2.24, 2.45) is 0 Å². The van der Waals surface area contributed by atoms with E-state index in [1.165, 1.54) is 0 Å². The van der Waals surface area contributed by atoms with Gasteiger partial charge in [0.05, 0.1) is 4.47 Å². The number of amides is 2. The summed E-state index contributed by atoms with van der Waals surface area (Å²) < 4.78 is 11.8. The maximum atomic E-state index is 11.9. The van der Waals surface area contributed by atoms with Crippen LogP contribution < -0.4 is 20.3 Å². The monoisotopic (exact) mass is 448 g/mol. The van der Waals surface area contributed by atoms with Gasteiger partial charge >= 0.3 is 0 Å². The number of benzene rings is 2. The van der Waals surface area contributed by atoms with Crippen LogP contribution in [0.3, 0.4) is 0 Å². The number of carbonyl (C=O) groups excluding carboxylic acids is 2. The minimum absolute atomic E-state index is 0.200. The van der Waals surface area contributed by atoms with Crippen molar-refractivity contribution in [1.82, 2.24) is 10.9 Å². The van der Waals surface area contributed by atoms with Crippen molar-refractivity contribution in [2.75, 3.05) is 13.2 Å². The molecule has 7 heteroatoms. The van der Waals surface area contributed by atoms with Crippen LogP contribution in [0.2, 0.25) is 0 Å². The Balaban J connectivity index is 1.75. The fraction of sp³-hybridized carbons (Fsp3) is 0.333. The summed E-state index contributed by atoms with van der Waals surface area (Å²) in [6.07, 6.45) is 0.912. The van der Waals surface area contributed by atoms with Crippen molar-refractivity contribution < 1.29 is 19.1 Å². The van der Waals surface area contributed by atoms with Crippen molar-refractivity contribution in [3.8, 4) is 11.5 Å². The molecule has 0 aliphatic heterocycles. The number of aryl methyl sites for hydroxylation is 1. The van der Waals surface area contributed by atoms with Gasteiger partial charge in [-0.3, -0.25) is 20.4 Å². The number of carbonyl (C=O) groups is 2. The quantitative estimate of drug-likeness (QED) is 0.602. The molecule has 2 rings (SSSR count). The molecule has 28 heavy (non-hydrogen) atoms. The van der Waals surface area contributed by atoms with Gasteiger partial charge in [-0.05, 0) is 57.6 Å². The van der Waals surface area contributed by atoms with E-state index in [0.717, 1.165) is 22.0 Å². The summed E-state index contributed by atoms with van der Waals surface area (Å²) >= 11 is 3.42. The average molecular weight is 449 g/mol. The van der Waals surface area contributed by atoms with Gasteiger partial charge in [-0.2, -0.15) is 0 Å². The number of rotatable bonds is 8. The van der Waals surface area contributed by atoms with E-state index in [0.29, 0.717) is 11.5 Å². The molecule has 0 bridgehead atoms. The molecule has 0 aromatic heterocycles. The molecule has 2 aromatic carbocycles. The van der Waals surface area contributed by atoms with Crippen LogP contribution in [-0.2, 0) is 16.0 Å². The third-order valence-corrected chi connectivity index (χ3v) is 4.62. The fourth-order valence-electron chi connectivity index (χ4n) is 2.47. The SMILES string of the molecule is CCc1ccc(OCC(=O)NNC(=O)COc2ccccc2C(C)C)c(Br)c1. The van der Waals surface area contributed by atoms with Gasteiger partial charge in [0.2, 0.25) is 0 Å². The lowest BCUT2D eigenvalue weighted by molar-refractivity contribution is -0.131. The summed E-state index contributed by atoms with van der Waals surface area (Å²) in [5.41, 5.74) is 6.81. The first kappa shape index (κ1) is 21.8. The lowest BCUT2D eigenvalue weighted by Gasteiger charge is -2.14. The molecule has 2 amide bonds. The highest BCUT2D eigenvalue weighted by Gasteiger charge is 2.11. The van der Waals surface area contributed by atoms with E-state index in [4.69, 9.17) is 9.47 Å². The summed E-state index contributed by atoms with van der Waals surface area (Å²) in [7, 11) is 0. The van der Waals surface area contributed by atoms with Crippen molar-refractivity contribution >= 4 is 27.7 Å². The molecular weight excluding hydrogens is 424 g/mol. The number of hydrogen-bond acceptors (Lipinski definition) is 4. The second kappa shape index (κ2) is 10.7. The Morgan fingerprint density at radius 3 is 2.14 bits per heavy atom. The predicted octanol–water partition coefficient (Wildman–Crippen LogP) is 3.74. The first-order chi connectivity index (χ1) is 13.4. The maximum absolute atomic E-state index is 11.9. The Labute approximate surface area is 173 Å². The predicted molar refractivity (Wildman–Crippen MR) is 111 cm³/mol. The molecule has 0 aliphatic carbocycles. The summed E-state index contributed by atoms with van der Waals surface area (Å²) in [4.78, 5) is 23.8. The zero-order valence-corrected chi connectivity index (χ0v) is 17.8. The van der Waals surface area contributed by atoms with E-state index >= 15 is 0 Å². The summed E-state index contributed by atoms with van der Waals surface area (Å²) in [5.74, 6) is 0.569. The summed E-state index contributed by atoms with van der Waals surface area (Å²) in [6, 6.07) is 13.2. The Kier molecular flexibility index (Phi) is 8.32. The number of para-hydroxylation sites is 1. The van der Waals surface area contributed by atoms with Crippen LogP contribution in [0.1, 0.15) is 37.8 Å². The zero-order valence-electron chi connectivity index (χ0n) is 16.3. The largest absolute Gasteiger partial charge is 0.483 e. The molecule has 150 valence electrons. The summed E-state index contributed by atoms with van der Waals surface area (Å²) in [6.45, 7) is 5.74. The molecule has 0 saturated carbocycles. The molecule has 0 spiro atoms. The first-order valence-electron chi connectivity index (χ1n) is 9.11. The summed E-state index contributed by atoms with van der Waals surface area (Å²) in [5, 5.41) is 0. The van der Waals surface area contributed by atoms with Crippen molar-refractivity contribution in [3.63, 3.8) is 0 Å². The topological polar surface area (TPSA) is 76.7 Å². The Hall–Kier alpha value is -2.54. The molecule has 0 saturated heterocycles. The standard InChI is InChI=1S/C21H25BrN2O4/c1-4-15-9-10-19(17(22)11-15)28-13-21(26)24-23-20(25)12-27-18-8-6-5-7-16(18)14(2)3/h5-11,14H,4,12-13H2,1-3H3,(H,23,25)(H,24,26). The average Bonchev–Trinajstić information content (AvgIpc) is 2.69. The lowest BCUT2D eigenvalue weighted by atomic mass is 10.0. The van der Waals surface area contributed by atoms with E-state index in [1.807, 2.05) is 36.4 Å². The molecule has 2 aromatic rings. The van der Waals surface area contributed by atoms with Gasteiger partial charge in [-0.1, -0.05) is 45.0 Å². The van der Waals surface area contributed by atoms with E-state index < -0.39 is 11.8 Å². The van der Waals surface area contributed by atoms with Crippen molar-refractivity contribution in [1.29, 1.82) is 0 Å². The van der Waals surface area contributed by atoms with Gasteiger partial charge in [0.1, 0.15) is 11.5 Å². The molecule has 2 N–H and O–H groups in total. The second-order valence-corrected chi connectivity index (χ2v) is 7.34. The van der Waals surface area contributed by atoms with Gasteiger partial charge in [-0.15, -0.1) is 0 Å². The third kappa shape index (κ3) is 6.56. The Morgan fingerprint density at radius 2 is 1.57 bits per heavy atom. The molecule has 0 fully saturated rings. The molecule has 0 atom stereocenters. The van der Waals surface area contributed by atoms with Crippen molar-refractivity contribution in [3.05, 3.63) is 58.1 Å². The van der Waals surface area contributed by atoms with Gasteiger partial charge < -0.3 is 9.47 Å². The molecular formula is C21H25BrN2O4. The van der Waals surface area contributed by atoms with Crippen LogP contribution in [-0.4, -0.2) is 25.0 Å². The molecule has 6 nitrogen and oxygen atoms in total.